The van der Waals surface area contributed by atoms with Gasteiger partial charge in [-0.15, -0.1) is 0 Å². The second-order valence-electron chi connectivity index (χ2n) is 5.68. The number of nitrogens with one attached hydrogen (secondary N) is 1. The van der Waals surface area contributed by atoms with Crippen molar-refractivity contribution in [2.75, 3.05) is 6.54 Å². The van der Waals surface area contributed by atoms with E-state index >= 15 is 0 Å². The molecule has 0 saturated heterocycles. The molecule has 0 bridgehead atoms. The SMILES string of the molecule is CCC(C)C(CNC(C)C)c1cccc(C(F)(F)F)c1. The van der Waals surface area contributed by atoms with Crippen LogP contribution in [0.5, 0.6) is 0 Å². The van der Waals surface area contributed by atoms with Crippen LogP contribution in [0.3, 0.4) is 0 Å². The van der Waals surface area contributed by atoms with Gasteiger partial charge in [0.1, 0.15) is 0 Å². The second-order valence-corrected chi connectivity index (χ2v) is 5.68. The summed E-state index contributed by atoms with van der Waals surface area (Å²) in [6, 6.07) is 6.05. The molecule has 0 radical (unpaired) electrons. The van der Waals surface area contributed by atoms with Crippen LogP contribution in [0.2, 0.25) is 0 Å². The number of halogens is 3. The molecule has 0 heterocycles. The van der Waals surface area contributed by atoms with Crippen LogP contribution in [0.1, 0.15) is 51.2 Å². The van der Waals surface area contributed by atoms with Crippen LogP contribution in [0, 0.1) is 5.92 Å². The van der Waals surface area contributed by atoms with E-state index in [1.807, 2.05) is 13.8 Å². The third kappa shape index (κ3) is 4.82. The van der Waals surface area contributed by atoms with E-state index in [1.165, 1.54) is 12.1 Å². The predicted octanol–water partition coefficient (Wildman–Crippen LogP) is 4.83. The number of hydrogen-bond acceptors (Lipinski definition) is 1. The summed E-state index contributed by atoms with van der Waals surface area (Å²) in [6.45, 7) is 8.95. The largest absolute Gasteiger partial charge is 0.416 e. The maximum Gasteiger partial charge on any atom is 0.416 e. The zero-order chi connectivity index (χ0) is 15.3. The van der Waals surface area contributed by atoms with E-state index in [0.717, 1.165) is 18.1 Å². The Morgan fingerprint density at radius 2 is 1.80 bits per heavy atom. The summed E-state index contributed by atoms with van der Waals surface area (Å²) in [4.78, 5) is 0. The van der Waals surface area contributed by atoms with Gasteiger partial charge in [0.05, 0.1) is 5.56 Å². The number of hydrogen-bond donors (Lipinski definition) is 1. The Morgan fingerprint density at radius 3 is 2.30 bits per heavy atom. The first-order valence-corrected chi connectivity index (χ1v) is 7.16. The van der Waals surface area contributed by atoms with Gasteiger partial charge >= 0.3 is 6.18 Å². The van der Waals surface area contributed by atoms with Gasteiger partial charge < -0.3 is 5.32 Å². The molecule has 0 aliphatic heterocycles. The summed E-state index contributed by atoms with van der Waals surface area (Å²) in [6.07, 6.45) is -3.33. The number of alkyl halides is 3. The molecular weight excluding hydrogens is 263 g/mol. The lowest BCUT2D eigenvalue weighted by Gasteiger charge is -2.26. The van der Waals surface area contributed by atoms with Crippen molar-refractivity contribution in [2.45, 2.75) is 52.3 Å². The van der Waals surface area contributed by atoms with Crippen LogP contribution >= 0.6 is 0 Å². The van der Waals surface area contributed by atoms with E-state index in [0.29, 0.717) is 18.5 Å². The molecule has 0 fully saturated rings. The maximum atomic E-state index is 12.8. The molecule has 0 aliphatic carbocycles. The highest BCUT2D eigenvalue weighted by Gasteiger charge is 2.31. The first-order valence-electron chi connectivity index (χ1n) is 7.16. The second kappa shape index (κ2) is 7.11. The number of rotatable bonds is 6. The van der Waals surface area contributed by atoms with Crippen LogP contribution < -0.4 is 5.32 Å². The highest BCUT2D eigenvalue weighted by atomic mass is 19.4. The van der Waals surface area contributed by atoms with E-state index < -0.39 is 11.7 Å². The third-order valence-corrected chi connectivity index (χ3v) is 3.72. The summed E-state index contributed by atoms with van der Waals surface area (Å²) in [7, 11) is 0. The predicted molar refractivity (Wildman–Crippen MR) is 76.8 cm³/mol. The van der Waals surface area contributed by atoms with Gasteiger partial charge in [0.25, 0.3) is 0 Å². The minimum Gasteiger partial charge on any atom is -0.314 e. The fourth-order valence-corrected chi connectivity index (χ4v) is 2.24. The third-order valence-electron chi connectivity index (χ3n) is 3.72. The summed E-state index contributed by atoms with van der Waals surface area (Å²) >= 11 is 0. The Bertz CT molecular complexity index is 412. The molecular formula is C16H24F3N. The molecule has 0 aromatic heterocycles. The van der Waals surface area contributed by atoms with E-state index in [1.54, 1.807) is 6.07 Å². The van der Waals surface area contributed by atoms with Crippen molar-refractivity contribution in [2.24, 2.45) is 5.92 Å². The van der Waals surface area contributed by atoms with Gasteiger partial charge in [0.2, 0.25) is 0 Å². The lowest BCUT2D eigenvalue weighted by Crippen LogP contribution is -2.30. The molecule has 0 spiro atoms. The Kier molecular flexibility index (Phi) is 6.06. The van der Waals surface area contributed by atoms with Gasteiger partial charge in [-0.1, -0.05) is 52.3 Å². The lowest BCUT2D eigenvalue weighted by molar-refractivity contribution is -0.137. The molecule has 4 heteroatoms. The van der Waals surface area contributed by atoms with Crippen LogP contribution in [-0.2, 0) is 6.18 Å². The van der Waals surface area contributed by atoms with Gasteiger partial charge in [-0.05, 0) is 23.5 Å². The zero-order valence-electron chi connectivity index (χ0n) is 12.6. The maximum absolute atomic E-state index is 12.8. The average molecular weight is 287 g/mol. The van der Waals surface area contributed by atoms with Crippen LogP contribution in [0.15, 0.2) is 24.3 Å². The van der Waals surface area contributed by atoms with Crippen molar-refractivity contribution in [1.82, 2.24) is 5.32 Å². The van der Waals surface area contributed by atoms with Crippen LogP contribution in [0.25, 0.3) is 0 Å². The van der Waals surface area contributed by atoms with Crippen molar-refractivity contribution in [3.63, 3.8) is 0 Å². The van der Waals surface area contributed by atoms with E-state index in [4.69, 9.17) is 0 Å². The van der Waals surface area contributed by atoms with E-state index in [2.05, 4.69) is 19.2 Å². The summed E-state index contributed by atoms with van der Waals surface area (Å²) in [5, 5.41) is 3.34. The Labute approximate surface area is 119 Å². The van der Waals surface area contributed by atoms with Gasteiger partial charge in [-0.25, -0.2) is 0 Å². The molecule has 2 unspecified atom stereocenters. The van der Waals surface area contributed by atoms with Crippen molar-refractivity contribution in [1.29, 1.82) is 0 Å². The van der Waals surface area contributed by atoms with Crippen molar-refractivity contribution in [3.05, 3.63) is 35.4 Å². The monoisotopic (exact) mass is 287 g/mol. The fourth-order valence-electron chi connectivity index (χ4n) is 2.24. The molecule has 1 nitrogen and oxygen atoms in total. The molecule has 1 aromatic rings. The van der Waals surface area contributed by atoms with Crippen molar-refractivity contribution in [3.8, 4) is 0 Å². The smallest absolute Gasteiger partial charge is 0.314 e. The lowest BCUT2D eigenvalue weighted by atomic mass is 9.84. The first kappa shape index (κ1) is 17.0. The van der Waals surface area contributed by atoms with E-state index in [9.17, 15) is 13.2 Å². The van der Waals surface area contributed by atoms with Gasteiger partial charge in [-0.3, -0.25) is 0 Å². The Hall–Kier alpha value is -1.03. The topological polar surface area (TPSA) is 12.0 Å². The van der Waals surface area contributed by atoms with Gasteiger partial charge in [0.15, 0.2) is 0 Å². The summed E-state index contributed by atoms with van der Waals surface area (Å²) < 4.78 is 38.4. The van der Waals surface area contributed by atoms with Crippen molar-refractivity contribution < 1.29 is 13.2 Å². The molecule has 1 aromatic carbocycles. The highest BCUT2D eigenvalue weighted by Crippen LogP contribution is 2.33. The Balaban J connectivity index is 3.01. The van der Waals surface area contributed by atoms with E-state index in [-0.39, 0.29) is 5.92 Å². The molecule has 0 aliphatic rings. The molecule has 0 amide bonds. The number of benzene rings is 1. The normalized spacial score (nSPS) is 15.4. The quantitative estimate of drug-likeness (QED) is 0.790. The standard InChI is InChI=1S/C16H24F3N/c1-5-12(4)15(10-20-11(2)3)13-7-6-8-14(9-13)16(17,18)19/h6-9,11-12,15,20H,5,10H2,1-4H3. The molecule has 20 heavy (non-hydrogen) atoms. The molecule has 0 saturated carbocycles. The highest BCUT2D eigenvalue weighted by molar-refractivity contribution is 5.29. The summed E-state index contributed by atoms with van der Waals surface area (Å²) in [5.74, 6) is 0.439. The Morgan fingerprint density at radius 1 is 1.15 bits per heavy atom. The van der Waals surface area contributed by atoms with Crippen LogP contribution in [0.4, 0.5) is 13.2 Å². The van der Waals surface area contributed by atoms with Gasteiger partial charge in [0, 0.05) is 12.6 Å². The van der Waals surface area contributed by atoms with Gasteiger partial charge in [-0.2, -0.15) is 13.2 Å². The molecule has 2 atom stereocenters. The van der Waals surface area contributed by atoms with Crippen molar-refractivity contribution >= 4 is 0 Å². The molecule has 1 rings (SSSR count). The van der Waals surface area contributed by atoms with Crippen LogP contribution in [-0.4, -0.2) is 12.6 Å². The summed E-state index contributed by atoms with van der Waals surface area (Å²) in [5.41, 5.74) is 0.204. The minimum absolute atomic E-state index is 0.102. The average Bonchev–Trinajstić information content (AvgIpc) is 2.37. The fraction of sp³-hybridized carbons (Fsp3) is 0.625. The zero-order valence-corrected chi connectivity index (χ0v) is 12.6. The minimum atomic E-state index is -4.28. The molecule has 1 N–H and O–H groups in total. The first-order chi connectivity index (χ1) is 9.25. The molecule has 114 valence electrons.